The third-order valence-electron chi connectivity index (χ3n) is 4.31. The molecule has 0 unspecified atom stereocenters. The van der Waals surface area contributed by atoms with Gasteiger partial charge in [-0.3, -0.25) is 14.5 Å². The number of furan rings is 1. The van der Waals surface area contributed by atoms with Gasteiger partial charge >= 0.3 is 0 Å². The van der Waals surface area contributed by atoms with Crippen molar-refractivity contribution in [3.05, 3.63) is 63.9 Å². The van der Waals surface area contributed by atoms with Gasteiger partial charge in [-0.25, -0.2) is 0 Å². The molecule has 0 atom stereocenters. The van der Waals surface area contributed by atoms with Gasteiger partial charge in [-0.1, -0.05) is 23.7 Å². The molecule has 1 aromatic carbocycles. The molecule has 0 bridgehead atoms. The van der Waals surface area contributed by atoms with Gasteiger partial charge in [0, 0.05) is 22.2 Å². The average Bonchev–Trinajstić information content (AvgIpc) is 3.07. The molecule has 2 amide bonds. The van der Waals surface area contributed by atoms with E-state index in [1.807, 2.05) is 18.2 Å². The highest BCUT2D eigenvalue weighted by atomic mass is 35.5. The standard InChI is InChI=1S/C21H17ClN2O3/c1-12(2)24-20(25)17(13(3)18(11-23)21(24)26)10-16-7-8-19(27-16)14-5-4-6-15(22)9-14/h4-10,12H,1-3H3/b17-10+. The molecule has 6 heteroatoms. The Morgan fingerprint density at radius 2 is 1.93 bits per heavy atom. The number of benzene rings is 1. The SMILES string of the molecule is CC1=C(C#N)C(=O)N(C(C)C)C(=O)/C1=C/c1ccc(-c2cccc(Cl)c2)o1. The fourth-order valence-electron chi connectivity index (χ4n) is 2.94. The monoisotopic (exact) mass is 380 g/mol. The zero-order valence-electron chi connectivity index (χ0n) is 15.1. The van der Waals surface area contributed by atoms with Crippen molar-refractivity contribution in [1.29, 1.82) is 5.26 Å². The van der Waals surface area contributed by atoms with Crippen LogP contribution in [0.3, 0.4) is 0 Å². The van der Waals surface area contributed by atoms with Crippen LogP contribution >= 0.6 is 11.6 Å². The molecule has 0 fully saturated rings. The minimum absolute atomic E-state index is 0.0313. The van der Waals surface area contributed by atoms with Gasteiger partial charge in [-0.2, -0.15) is 5.26 Å². The van der Waals surface area contributed by atoms with Crippen LogP contribution in [0.2, 0.25) is 5.02 Å². The fraction of sp³-hybridized carbons (Fsp3) is 0.190. The number of carbonyl (C=O) groups is 2. The molecule has 1 aliphatic heterocycles. The number of nitrogens with zero attached hydrogens (tertiary/aromatic N) is 2. The van der Waals surface area contributed by atoms with E-state index < -0.39 is 11.8 Å². The lowest BCUT2D eigenvalue weighted by molar-refractivity contribution is -0.142. The summed E-state index contributed by atoms with van der Waals surface area (Å²) >= 11 is 6.01. The number of carbonyl (C=O) groups excluding carboxylic acids is 2. The number of halogens is 1. The maximum atomic E-state index is 12.8. The number of nitriles is 1. The lowest BCUT2D eigenvalue weighted by Gasteiger charge is -2.30. The Morgan fingerprint density at radius 3 is 2.56 bits per heavy atom. The molecule has 1 aromatic heterocycles. The average molecular weight is 381 g/mol. The summed E-state index contributed by atoms with van der Waals surface area (Å²) in [5.41, 5.74) is 1.40. The van der Waals surface area contributed by atoms with Crippen molar-refractivity contribution in [2.24, 2.45) is 0 Å². The van der Waals surface area contributed by atoms with Crippen LogP contribution in [-0.2, 0) is 9.59 Å². The number of hydrogen-bond donors (Lipinski definition) is 0. The molecule has 2 heterocycles. The van der Waals surface area contributed by atoms with Crippen molar-refractivity contribution in [2.75, 3.05) is 0 Å². The molecule has 0 saturated carbocycles. The first-order chi connectivity index (χ1) is 12.8. The van der Waals surface area contributed by atoms with Crippen LogP contribution in [0.5, 0.6) is 0 Å². The molecular weight excluding hydrogens is 364 g/mol. The van der Waals surface area contributed by atoms with Crippen LogP contribution < -0.4 is 0 Å². The molecule has 1 aliphatic rings. The smallest absolute Gasteiger partial charge is 0.271 e. The molecule has 0 saturated heterocycles. The summed E-state index contributed by atoms with van der Waals surface area (Å²) in [6, 6.07) is 12.3. The van der Waals surface area contributed by atoms with E-state index in [1.54, 1.807) is 51.1 Å². The molecule has 27 heavy (non-hydrogen) atoms. The fourth-order valence-corrected chi connectivity index (χ4v) is 3.13. The quantitative estimate of drug-likeness (QED) is 0.576. The van der Waals surface area contributed by atoms with Crippen molar-refractivity contribution < 1.29 is 14.0 Å². The maximum absolute atomic E-state index is 12.8. The Bertz CT molecular complexity index is 1040. The lowest BCUT2D eigenvalue weighted by atomic mass is 9.94. The Labute approximate surface area is 162 Å². The van der Waals surface area contributed by atoms with Gasteiger partial charge in [0.05, 0.1) is 0 Å². The summed E-state index contributed by atoms with van der Waals surface area (Å²) < 4.78 is 5.82. The number of imide groups is 1. The highest BCUT2D eigenvalue weighted by Crippen LogP contribution is 2.30. The highest BCUT2D eigenvalue weighted by molar-refractivity contribution is 6.30. The largest absolute Gasteiger partial charge is 0.457 e. The van der Waals surface area contributed by atoms with E-state index >= 15 is 0 Å². The number of rotatable bonds is 3. The second kappa shape index (κ2) is 7.26. The van der Waals surface area contributed by atoms with Crippen molar-refractivity contribution >= 4 is 29.5 Å². The first kappa shape index (κ1) is 18.7. The van der Waals surface area contributed by atoms with E-state index in [0.29, 0.717) is 22.1 Å². The summed E-state index contributed by atoms with van der Waals surface area (Å²) in [6.45, 7) is 5.05. The molecule has 0 radical (unpaired) electrons. The molecule has 3 rings (SSSR count). The third-order valence-corrected chi connectivity index (χ3v) is 4.55. The van der Waals surface area contributed by atoms with E-state index in [-0.39, 0.29) is 17.2 Å². The first-order valence-corrected chi connectivity index (χ1v) is 8.78. The molecular formula is C21H17ClN2O3. The van der Waals surface area contributed by atoms with Crippen LogP contribution in [0.4, 0.5) is 0 Å². The van der Waals surface area contributed by atoms with Crippen molar-refractivity contribution in [2.45, 2.75) is 26.8 Å². The van der Waals surface area contributed by atoms with Crippen LogP contribution in [-0.4, -0.2) is 22.8 Å². The zero-order chi connectivity index (χ0) is 19.7. The lowest BCUT2D eigenvalue weighted by Crippen LogP contribution is -2.46. The first-order valence-electron chi connectivity index (χ1n) is 8.40. The molecule has 0 N–H and O–H groups in total. The second-order valence-corrected chi connectivity index (χ2v) is 6.89. The van der Waals surface area contributed by atoms with Crippen molar-refractivity contribution in [1.82, 2.24) is 4.90 Å². The summed E-state index contributed by atoms with van der Waals surface area (Å²) in [6.07, 6.45) is 1.56. The van der Waals surface area contributed by atoms with Crippen LogP contribution in [0.15, 0.2) is 57.5 Å². The molecule has 0 spiro atoms. The maximum Gasteiger partial charge on any atom is 0.271 e. The van der Waals surface area contributed by atoms with Gasteiger partial charge in [0.1, 0.15) is 23.2 Å². The van der Waals surface area contributed by atoms with Crippen molar-refractivity contribution in [3.63, 3.8) is 0 Å². The van der Waals surface area contributed by atoms with Gasteiger partial charge in [0.25, 0.3) is 11.8 Å². The minimum Gasteiger partial charge on any atom is -0.457 e. The second-order valence-electron chi connectivity index (χ2n) is 6.46. The van der Waals surface area contributed by atoms with Gasteiger partial charge < -0.3 is 4.42 Å². The van der Waals surface area contributed by atoms with Crippen molar-refractivity contribution in [3.8, 4) is 17.4 Å². The number of hydrogen-bond acceptors (Lipinski definition) is 4. The Morgan fingerprint density at radius 1 is 1.19 bits per heavy atom. The summed E-state index contributed by atoms with van der Waals surface area (Å²) in [7, 11) is 0. The van der Waals surface area contributed by atoms with E-state index in [2.05, 4.69) is 0 Å². The van der Waals surface area contributed by atoms with Gasteiger partial charge in [0.15, 0.2) is 0 Å². The Kier molecular flexibility index (Phi) is 5.02. The predicted octanol–water partition coefficient (Wildman–Crippen LogP) is 4.60. The van der Waals surface area contributed by atoms with Crippen LogP contribution in [0.25, 0.3) is 17.4 Å². The Balaban J connectivity index is 2.06. The van der Waals surface area contributed by atoms with E-state index in [1.165, 1.54) is 0 Å². The minimum atomic E-state index is -0.564. The summed E-state index contributed by atoms with van der Waals surface area (Å²) in [5, 5.41) is 9.94. The summed E-state index contributed by atoms with van der Waals surface area (Å²) in [4.78, 5) is 26.3. The third kappa shape index (κ3) is 3.44. The van der Waals surface area contributed by atoms with Gasteiger partial charge in [-0.05, 0) is 56.7 Å². The van der Waals surface area contributed by atoms with Gasteiger partial charge in [0.2, 0.25) is 0 Å². The normalized spacial score (nSPS) is 16.4. The summed E-state index contributed by atoms with van der Waals surface area (Å²) in [5.74, 6) is 0.0491. The molecule has 136 valence electrons. The highest BCUT2D eigenvalue weighted by Gasteiger charge is 2.37. The van der Waals surface area contributed by atoms with Crippen LogP contribution in [0.1, 0.15) is 26.5 Å². The molecule has 2 aromatic rings. The topological polar surface area (TPSA) is 74.3 Å². The number of amides is 2. The predicted molar refractivity (Wildman–Crippen MR) is 102 cm³/mol. The van der Waals surface area contributed by atoms with Crippen LogP contribution in [0, 0.1) is 11.3 Å². The van der Waals surface area contributed by atoms with E-state index in [4.69, 9.17) is 16.0 Å². The van der Waals surface area contributed by atoms with Gasteiger partial charge in [-0.15, -0.1) is 0 Å². The molecule has 5 nitrogen and oxygen atoms in total. The van der Waals surface area contributed by atoms with E-state index in [0.717, 1.165) is 10.5 Å². The Hall–Kier alpha value is -3.10. The zero-order valence-corrected chi connectivity index (χ0v) is 15.9. The van der Waals surface area contributed by atoms with E-state index in [9.17, 15) is 14.9 Å². The molecule has 0 aliphatic carbocycles.